The first-order chi connectivity index (χ1) is 16.0. The van der Waals surface area contributed by atoms with Crippen LogP contribution in [0.5, 0.6) is 5.75 Å². The standard InChI is InChI=1S/C25H25FN2O4S/c26-18-1-4-22(15(10-18)9-16-12-28-7-5-14(16)6-8-28)33(31)27-21-3-2-19-20-11-17(20)13-32-24(19)23(21)25(29)30/h1-4,9-10,14,17,20,27H,5-8,11-13H2,(H,29,30)/b16-9+/t17-,20-,33?/m0/s1. The van der Waals surface area contributed by atoms with Gasteiger partial charge in [-0.05, 0) is 79.6 Å². The monoisotopic (exact) mass is 468 g/mol. The van der Waals surface area contributed by atoms with Crippen molar-refractivity contribution in [1.29, 1.82) is 0 Å². The topological polar surface area (TPSA) is 78.9 Å². The highest BCUT2D eigenvalue weighted by Gasteiger charge is 2.45. The summed E-state index contributed by atoms with van der Waals surface area (Å²) in [6.45, 7) is 3.55. The normalized spacial score (nSPS) is 29.1. The van der Waals surface area contributed by atoms with Crippen LogP contribution in [0.25, 0.3) is 6.08 Å². The second kappa shape index (κ2) is 7.95. The molecule has 4 aliphatic heterocycles. The molecule has 33 heavy (non-hydrogen) atoms. The predicted octanol–water partition coefficient (Wildman–Crippen LogP) is 4.26. The molecule has 2 aromatic rings. The zero-order valence-electron chi connectivity index (χ0n) is 18.1. The lowest BCUT2D eigenvalue weighted by Crippen LogP contribution is -2.42. The number of anilines is 1. The number of aromatic carboxylic acids is 1. The SMILES string of the molecule is O=C(O)c1c(NS(=O)c2ccc(F)cc2/C=C2\CN3CCC2CC3)ccc2c1OC[C@@H]1C[C@H]21. The van der Waals surface area contributed by atoms with Crippen molar-refractivity contribution in [2.75, 3.05) is 31.0 Å². The molecule has 7 rings (SSSR count). The van der Waals surface area contributed by atoms with Gasteiger partial charge < -0.3 is 14.6 Å². The summed E-state index contributed by atoms with van der Waals surface area (Å²) in [6, 6.07) is 7.73. The fourth-order valence-electron chi connectivity index (χ4n) is 5.51. The van der Waals surface area contributed by atoms with Gasteiger partial charge in [0.1, 0.15) is 17.1 Å². The van der Waals surface area contributed by atoms with Gasteiger partial charge in [-0.1, -0.05) is 17.7 Å². The Morgan fingerprint density at radius 3 is 2.79 bits per heavy atom. The Kier molecular flexibility index (Phi) is 5.03. The quantitative estimate of drug-likeness (QED) is 0.686. The van der Waals surface area contributed by atoms with Gasteiger partial charge in [0, 0.05) is 12.5 Å². The molecule has 0 aromatic heterocycles. The molecule has 1 saturated carbocycles. The number of fused-ring (bicyclic) bond motifs is 6. The molecule has 4 fully saturated rings. The Morgan fingerprint density at radius 1 is 1.24 bits per heavy atom. The highest BCUT2D eigenvalue weighted by molar-refractivity contribution is 7.86. The molecule has 4 heterocycles. The van der Waals surface area contributed by atoms with Crippen LogP contribution in [0.1, 0.15) is 46.7 Å². The van der Waals surface area contributed by atoms with Crippen molar-refractivity contribution >= 4 is 28.7 Å². The molecule has 2 aromatic carbocycles. The van der Waals surface area contributed by atoms with Gasteiger partial charge in [-0.2, -0.15) is 0 Å². The number of halogens is 1. The summed E-state index contributed by atoms with van der Waals surface area (Å²) < 4.78 is 36.1. The second-order valence-electron chi connectivity index (χ2n) is 9.45. The molecule has 1 aliphatic carbocycles. The highest BCUT2D eigenvalue weighted by Crippen LogP contribution is 2.55. The molecule has 5 aliphatic rings. The number of nitrogens with one attached hydrogen (secondary N) is 1. The lowest BCUT2D eigenvalue weighted by Gasteiger charge is -2.41. The largest absolute Gasteiger partial charge is 0.492 e. The van der Waals surface area contributed by atoms with Gasteiger partial charge in [-0.15, -0.1) is 0 Å². The number of hydrogen-bond acceptors (Lipinski definition) is 4. The van der Waals surface area contributed by atoms with Crippen molar-refractivity contribution in [2.24, 2.45) is 11.8 Å². The van der Waals surface area contributed by atoms with Crippen LogP contribution in [0.3, 0.4) is 0 Å². The van der Waals surface area contributed by atoms with E-state index >= 15 is 0 Å². The van der Waals surface area contributed by atoms with Crippen LogP contribution < -0.4 is 9.46 Å². The van der Waals surface area contributed by atoms with Crippen molar-refractivity contribution < 1.29 is 23.2 Å². The third-order valence-corrected chi connectivity index (χ3v) is 8.58. The minimum atomic E-state index is -1.78. The third-order valence-electron chi connectivity index (χ3n) is 7.40. The molecule has 8 heteroatoms. The van der Waals surface area contributed by atoms with Crippen molar-refractivity contribution in [1.82, 2.24) is 4.90 Å². The summed E-state index contributed by atoms with van der Waals surface area (Å²) in [5.41, 5.74) is 2.96. The molecule has 3 saturated heterocycles. The van der Waals surface area contributed by atoms with Crippen LogP contribution in [-0.2, 0) is 11.0 Å². The van der Waals surface area contributed by atoms with E-state index in [4.69, 9.17) is 4.74 Å². The number of carboxylic acids is 1. The Bertz CT molecular complexity index is 1210. The minimum absolute atomic E-state index is 0.00519. The average Bonchev–Trinajstić information content (AvgIpc) is 3.60. The summed E-state index contributed by atoms with van der Waals surface area (Å²) in [5, 5.41) is 9.89. The summed E-state index contributed by atoms with van der Waals surface area (Å²) in [5.74, 6) is 0.152. The van der Waals surface area contributed by atoms with Crippen LogP contribution >= 0.6 is 0 Å². The van der Waals surface area contributed by atoms with Crippen molar-refractivity contribution in [3.05, 3.63) is 58.4 Å². The lowest BCUT2D eigenvalue weighted by molar-refractivity contribution is 0.0692. The van der Waals surface area contributed by atoms with Gasteiger partial charge >= 0.3 is 5.97 Å². The Balaban J connectivity index is 1.33. The van der Waals surface area contributed by atoms with E-state index in [1.54, 1.807) is 6.07 Å². The van der Waals surface area contributed by atoms with Crippen molar-refractivity contribution in [3.63, 3.8) is 0 Å². The van der Waals surface area contributed by atoms with Gasteiger partial charge in [0.05, 0.1) is 17.2 Å². The summed E-state index contributed by atoms with van der Waals surface area (Å²) in [6.07, 6.45) is 5.17. The number of hydrogen-bond donors (Lipinski definition) is 2. The fraction of sp³-hybridized carbons (Fsp3) is 0.400. The molecular weight excluding hydrogens is 443 g/mol. The molecule has 1 unspecified atom stereocenters. The van der Waals surface area contributed by atoms with E-state index in [9.17, 15) is 18.5 Å². The number of ether oxygens (including phenoxy) is 1. The van der Waals surface area contributed by atoms with Gasteiger partial charge in [0.15, 0.2) is 11.0 Å². The Labute approximate surface area is 194 Å². The third kappa shape index (κ3) is 3.75. The molecule has 0 radical (unpaired) electrons. The van der Waals surface area contributed by atoms with E-state index in [1.165, 1.54) is 23.8 Å². The van der Waals surface area contributed by atoms with E-state index in [-0.39, 0.29) is 11.3 Å². The maximum Gasteiger partial charge on any atom is 0.341 e. The zero-order valence-corrected chi connectivity index (χ0v) is 18.9. The molecular formula is C25H25FN2O4S. The molecule has 0 spiro atoms. The summed E-state index contributed by atoms with van der Waals surface area (Å²) >= 11 is 0. The van der Waals surface area contributed by atoms with Crippen LogP contribution in [0.15, 0.2) is 40.8 Å². The number of rotatable bonds is 5. The maximum atomic E-state index is 14.1. The Hall–Kier alpha value is -2.71. The summed E-state index contributed by atoms with van der Waals surface area (Å²) in [4.78, 5) is 14.9. The van der Waals surface area contributed by atoms with E-state index in [0.29, 0.717) is 40.6 Å². The van der Waals surface area contributed by atoms with Gasteiger partial charge in [-0.25, -0.2) is 13.4 Å². The molecule has 0 amide bonds. The number of carbonyl (C=O) groups is 1. The minimum Gasteiger partial charge on any atom is -0.492 e. The predicted molar refractivity (Wildman–Crippen MR) is 123 cm³/mol. The maximum absolute atomic E-state index is 14.1. The van der Waals surface area contributed by atoms with Crippen LogP contribution in [0.2, 0.25) is 0 Å². The average molecular weight is 469 g/mol. The molecule has 2 bridgehead atoms. The number of nitrogens with zero attached hydrogens (tertiary/aromatic N) is 1. The smallest absolute Gasteiger partial charge is 0.341 e. The Morgan fingerprint density at radius 2 is 2.06 bits per heavy atom. The van der Waals surface area contributed by atoms with E-state index < -0.39 is 22.8 Å². The molecule has 3 atom stereocenters. The van der Waals surface area contributed by atoms with Gasteiger partial charge in [0.25, 0.3) is 0 Å². The van der Waals surface area contributed by atoms with E-state index in [2.05, 4.69) is 9.62 Å². The number of carboxylic acid groups (broad SMARTS) is 1. The molecule has 6 nitrogen and oxygen atoms in total. The van der Waals surface area contributed by atoms with Crippen molar-refractivity contribution in [3.8, 4) is 5.75 Å². The van der Waals surface area contributed by atoms with Crippen LogP contribution in [0.4, 0.5) is 10.1 Å². The lowest BCUT2D eigenvalue weighted by atomic mass is 9.83. The van der Waals surface area contributed by atoms with Gasteiger partial charge in [0.2, 0.25) is 0 Å². The first-order valence-corrected chi connectivity index (χ1v) is 12.6. The second-order valence-corrected chi connectivity index (χ2v) is 10.6. The highest BCUT2D eigenvalue weighted by atomic mass is 32.2. The van der Waals surface area contributed by atoms with E-state index in [1.807, 2.05) is 12.1 Å². The molecule has 2 N–H and O–H groups in total. The fourth-order valence-corrected chi connectivity index (χ4v) is 6.52. The number of piperidine rings is 3. The summed E-state index contributed by atoms with van der Waals surface area (Å²) in [7, 11) is -1.78. The number of benzene rings is 2. The van der Waals surface area contributed by atoms with Crippen molar-refractivity contribution in [2.45, 2.75) is 30.1 Å². The first kappa shape index (κ1) is 20.9. The van der Waals surface area contributed by atoms with Gasteiger partial charge in [-0.3, -0.25) is 4.90 Å². The first-order valence-electron chi connectivity index (χ1n) is 11.4. The van der Waals surface area contributed by atoms with Crippen LogP contribution in [-0.4, -0.2) is 46.4 Å². The molecule has 172 valence electrons. The van der Waals surface area contributed by atoms with Crippen LogP contribution in [0, 0.1) is 17.7 Å². The zero-order chi connectivity index (χ0) is 22.7. The van der Waals surface area contributed by atoms with E-state index in [0.717, 1.165) is 44.5 Å².